The zero-order chi connectivity index (χ0) is 37.2. The Labute approximate surface area is 291 Å². The highest BCUT2D eigenvalue weighted by Gasteiger charge is 2.57. The zero-order valence-electron chi connectivity index (χ0n) is 27.0. The number of piperidine rings is 1. The number of carbonyl (C=O) groups excluding carboxylic acids is 3. The van der Waals surface area contributed by atoms with Gasteiger partial charge in [-0.05, 0) is 50.6 Å². The molecule has 2 unspecified atom stereocenters. The average molecular weight is 747 g/mol. The molecule has 13 nitrogen and oxygen atoms in total. The molecule has 2 saturated heterocycles. The molecule has 4 heterocycles. The third-order valence-electron chi connectivity index (χ3n) is 9.01. The fraction of sp³-hybridized carbons (Fsp3) is 0.484. The van der Waals surface area contributed by atoms with Crippen molar-refractivity contribution >= 4 is 41.5 Å². The monoisotopic (exact) mass is 746 g/mol. The summed E-state index contributed by atoms with van der Waals surface area (Å²) < 4.78 is 82.5. The second-order valence-corrected chi connectivity index (χ2v) is 12.6. The van der Waals surface area contributed by atoms with Crippen LogP contribution in [0.2, 0.25) is 5.02 Å². The molecule has 0 spiro atoms. The van der Waals surface area contributed by atoms with Gasteiger partial charge in [-0.2, -0.15) is 31.4 Å². The minimum atomic E-state index is -4.98. The number of alkyl halides is 6. The molecule has 3 aliphatic rings. The molecule has 2 aliphatic heterocycles. The Balaban J connectivity index is 0.00000162. The van der Waals surface area contributed by atoms with Gasteiger partial charge in [-0.15, -0.1) is 0 Å². The molecule has 1 aliphatic carbocycles. The molecule has 20 heteroatoms. The van der Waals surface area contributed by atoms with Crippen LogP contribution < -0.4 is 10.6 Å². The second-order valence-electron chi connectivity index (χ2n) is 12.2. The fourth-order valence-corrected chi connectivity index (χ4v) is 6.50. The van der Waals surface area contributed by atoms with E-state index in [1.165, 1.54) is 25.2 Å². The van der Waals surface area contributed by atoms with Crippen LogP contribution in [0.15, 0.2) is 30.6 Å². The number of rotatable bonds is 6. The smallest absolute Gasteiger partial charge is 0.435 e. The quantitative estimate of drug-likeness (QED) is 0.249. The predicted octanol–water partition coefficient (Wildman–Crippen LogP) is 4.32. The van der Waals surface area contributed by atoms with Gasteiger partial charge in [0.2, 0.25) is 5.91 Å². The first-order valence-corrected chi connectivity index (χ1v) is 16.2. The van der Waals surface area contributed by atoms with Crippen LogP contribution in [0.3, 0.4) is 0 Å². The SMILES string of the molecule is Cn1c(-c2cn(C3CC3C(F)(F)F)nc2C(F)(F)F)cnc1C(=O)Nc1ccc(C(=O)N2CCN(C(=O)C3CCNCC3)CC2)c(Cl)c1.O=CO. The topological polar surface area (TPSA) is 155 Å². The summed E-state index contributed by atoms with van der Waals surface area (Å²) in [5.41, 5.74) is -1.73. The van der Waals surface area contributed by atoms with Crippen molar-refractivity contribution in [1.29, 1.82) is 0 Å². The van der Waals surface area contributed by atoms with E-state index in [0.717, 1.165) is 42.9 Å². The van der Waals surface area contributed by atoms with Gasteiger partial charge in [0, 0.05) is 51.0 Å². The lowest BCUT2D eigenvalue weighted by Crippen LogP contribution is -2.52. The van der Waals surface area contributed by atoms with Crippen molar-refractivity contribution in [2.45, 2.75) is 37.7 Å². The highest BCUT2D eigenvalue weighted by Crippen LogP contribution is 2.54. The molecular weight excluding hydrogens is 714 g/mol. The molecule has 51 heavy (non-hydrogen) atoms. The maximum absolute atomic E-state index is 13.8. The summed E-state index contributed by atoms with van der Waals surface area (Å²) >= 11 is 6.42. The Bertz CT molecular complexity index is 1780. The number of benzene rings is 1. The molecule has 276 valence electrons. The number of nitrogens with zero attached hydrogens (tertiary/aromatic N) is 6. The molecule has 3 fully saturated rings. The number of hydrogen-bond donors (Lipinski definition) is 3. The van der Waals surface area contributed by atoms with Crippen molar-refractivity contribution in [2.24, 2.45) is 18.9 Å². The molecule has 3 aromatic rings. The lowest BCUT2D eigenvalue weighted by molar-refractivity contribution is -0.150. The van der Waals surface area contributed by atoms with Crippen LogP contribution in [0, 0.1) is 11.8 Å². The maximum Gasteiger partial charge on any atom is 0.435 e. The van der Waals surface area contributed by atoms with Gasteiger partial charge in [0.25, 0.3) is 18.3 Å². The minimum Gasteiger partial charge on any atom is -0.483 e. The standard InChI is InChI=1S/C30H31ClF6N8O3.CH2O2/c1-42-23(19-15-45(41-24(19)30(35,36)37)22-13-20(22)29(32,33)34)14-39-25(42)26(46)40-17-2-3-18(21(31)12-17)28(48)44-10-8-43(9-11-44)27(47)16-4-6-38-7-5-16;2-1-3/h2-3,12,14-16,20,22,38H,4-11,13H2,1H3,(H,40,46);1H,(H,2,3). The Morgan fingerprint density at radius 1 is 1.04 bits per heavy atom. The van der Waals surface area contributed by atoms with Crippen LogP contribution in [0.1, 0.15) is 52.0 Å². The number of amides is 3. The minimum absolute atomic E-state index is 0.0125. The summed E-state index contributed by atoms with van der Waals surface area (Å²) in [4.78, 5) is 54.9. The van der Waals surface area contributed by atoms with Gasteiger partial charge in [0.15, 0.2) is 11.5 Å². The second kappa shape index (κ2) is 14.9. The Kier molecular flexibility index (Phi) is 11.0. The number of imidazole rings is 1. The molecule has 6 rings (SSSR count). The number of carboxylic acid groups (broad SMARTS) is 1. The lowest BCUT2D eigenvalue weighted by atomic mass is 9.96. The maximum atomic E-state index is 13.8. The van der Waals surface area contributed by atoms with Crippen LogP contribution in [0.25, 0.3) is 11.3 Å². The Morgan fingerprint density at radius 2 is 1.67 bits per heavy atom. The van der Waals surface area contributed by atoms with Crippen molar-refractivity contribution < 1.29 is 50.6 Å². The van der Waals surface area contributed by atoms with Gasteiger partial charge in [-0.3, -0.25) is 23.9 Å². The van der Waals surface area contributed by atoms with Crippen LogP contribution >= 0.6 is 11.6 Å². The third-order valence-corrected chi connectivity index (χ3v) is 9.32. The molecule has 2 aromatic heterocycles. The number of halogens is 7. The van der Waals surface area contributed by atoms with Gasteiger partial charge >= 0.3 is 12.4 Å². The van der Waals surface area contributed by atoms with Gasteiger partial charge in [0.1, 0.15) is 0 Å². The number of piperazine rings is 1. The molecule has 3 amide bonds. The Hall–Kier alpha value is -4.65. The number of aromatic nitrogens is 4. The van der Waals surface area contributed by atoms with E-state index in [4.69, 9.17) is 21.5 Å². The number of carbonyl (C=O) groups is 4. The summed E-state index contributed by atoms with van der Waals surface area (Å²) in [5.74, 6) is -3.14. The Morgan fingerprint density at radius 3 is 2.24 bits per heavy atom. The van der Waals surface area contributed by atoms with E-state index in [2.05, 4.69) is 20.7 Å². The first-order chi connectivity index (χ1) is 24.0. The zero-order valence-corrected chi connectivity index (χ0v) is 27.7. The predicted molar refractivity (Wildman–Crippen MR) is 169 cm³/mol. The van der Waals surface area contributed by atoms with Crippen LogP contribution in [-0.4, -0.2) is 104 Å². The summed E-state index contributed by atoms with van der Waals surface area (Å²) in [6.07, 6.45) is -6.46. The van der Waals surface area contributed by atoms with Gasteiger partial charge in [-0.25, -0.2) is 4.98 Å². The van der Waals surface area contributed by atoms with E-state index in [1.807, 2.05) is 0 Å². The van der Waals surface area contributed by atoms with E-state index in [1.54, 1.807) is 9.80 Å². The van der Waals surface area contributed by atoms with Crippen molar-refractivity contribution in [3.8, 4) is 11.3 Å². The lowest BCUT2D eigenvalue weighted by Gasteiger charge is -2.37. The van der Waals surface area contributed by atoms with Crippen molar-refractivity contribution in [3.05, 3.63) is 52.7 Å². The first kappa shape index (κ1) is 37.6. The molecule has 0 bridgehead atoms. The van der Waals surface area contributed by atoms with E-state index in [0.29, 0.717) is 30.9 Å². The summed E-state index contributed by atoms with van der Waals surface area (Å²) in [6, 6.07) is 2.98. The molecule has 1 aromatic carbocycles. The van der Waals surface area contributed by atoms with Gasteiger partial charge < -0.3 is 30.1 Å². The van der Waals surface area contributed by atoms with Crippen LogP contribution in [0.4, 0.5) is 32.0 Å². The highest BCUT2D eigenvalue weighted by molar-refractivity contribution is 6.34. The van der Waals surface area contributed by atoms with Gasteiger partial charge in [0.05, 0.1) is 40.0 Å². The van der Waals surface area contributed by atoms with Crippen LogP contribution in [-0.2, 0) is 22.8 Å². The first-order valence-electron chi connectivity index (χ1n) is 15.8. The van der Waals surface area contributed by atoms with Crippen molar-refractivity contribution in [1.82, 2.24) is 34.4 Å². The number of anilines is 1. The third kappa shape index (κ3) is 8.30. The van der Waals surface area contributed by atoms with Gasteiger partial charge in [-0.1, -0.05) is 11.6 Å². The van der Waals surface area contributed by atoms with Crippen LogP contribution in [0.5, 0.6) is 0 Å². The largest absolute Gasteiger partial charge is 0.483 e. The normalized spacial score (nSPS) is 19.6. The highest BCUT2D eigenvalue weighted by atomic mass is 35.5. The average Bonchev–Trinajstić information content (AvgIpc) is 3.64. The van der Waals surface area contributed by atoms with E-state index in [-0.39, 0.29) is 58.4 Å². The fourth-order valence-electron chi connectivity index (χ4n) is 6.24. The number of hydrogen-bond acceptors (Lipinski definition) is 7. The summed E-state index contributed by atoms with van der Waals surface area (Å²) in [5, 5.41) is 16.2. The molecule has 3 N–H and O–H groups in total. The van der Waals surface area contributed by atoms with Crippen molar-refractivity contribution in [3.63, 3.8) is 0 Å². The molecule has 1 saturated carbocycles. The van der Waals surface area contributed by atoms with E-state index in [9.17, 15) is 40.7 Å². The molecular formula is C31H33ClF6N8O5. The van der Waals surface area contributed by atoms with Crippen molar-refractivity contribution in [2.75, 3.05) is 44.6 Å². The summed E-state index contributed by atoms with van der Waals surface area (Å²) in [6.45, 7) is 2.85. The summed E-state index contributed by atoms with van der Waals surface area (Å²) in [7, 11) is 1.29. The number of nitrogens with one attached hydrogen (secondary N) is 2. The molecule has 2 atom stereocenters. The van der Waals surface area contributed by atoms with E-state index < -0.39 is 41.5 Å². The van der Waals surface area contributed by atoms with E-state index >= 15 is 0 Å². The molecule has 0 radical (unpaired) electrons.